The lowest BCUT2D eigenvalue weighted by molar-refractivity contribution is -0.192. The Labute approximate surface area is 213 Å². The molecular formula is C25H23F4N5O4. The van der Waals surface area contributed by atoms with Gasteiger partial charge in [0.15, 0.2) is 5.65 Å². The molecule has 0 atom stereocenters. The summed E-state index contributed by atoms with van der Waals surface area (Å²) in [5.41, 5.74) is 1.97. The van der Waals surface area contributed by atoms with Gasteiger partial charge in [0.05, 0.1) is 24.0 Å². The van der Waals surface area contributed by atoms with Gasteiger partial charge in [-0.15, -0.1) is 0 Å². The number of fused-ring (bicyclic) bond motifs is 1. The summed E-state index contributed by atoms with van der Waals surface area (Å²) in [6, 6.07) is 13.9. The van der Waals surface area contributed by atoms with E-state index in [9.17, 15) is 27.5 Å². The van der Waals surface area contributed by atoms with E-state index in [4.69, 9.17) is 9.90 Å². The zero-order valence-electron chi connectivity index (χ0n) is 19.8. The highest BCUT2D eigenvalue weighted by Crippen LogP contribution is 2.23. The Balaban J connectivity index is 0.000000426. The molecule has 1 aliphatic heterocycles. The zero-order chi connectivity index (χ0) is 27.5. The number of nitrogens with one attached hydrogen (secondary N) is 1. The first-order valence-electron chi connectivity index (χ1n) is 11.5. The van der Waals surface area contributed by atoms with Gasteiger partial charge in [0.1, 0.15) is 17.5 Å². The summed E-state index contributed by atoms with van der Waals surface area (Å²) in [4.78, 5) is 26.3. The Morgan fingerprint density at radius 2 is 1.58 bits per heavy atom. The number of aliphatic carboxylic acids is 1. The van der Waals surface area contributed by atoms with Crippen molar-refractivity contribution in [3.05, 3.63) is 77.2 Å². The van der Waals surface area contributed by atoms with Crippen LogP contribution in [0.5, 0.6) is 0 Å². The van der Waals surface area contributed by atoms with Crippen LogP contribution in [-0.2, 0) is 11.3 Å². The summed E-state index contributed by atoms with van der Waals surface area (Å²) in [5.74, 6) is -3.03. The molecule has 1 aliphatic rings. The van der Waals surface area contributed by atoms with Gasteiger partial charge in [-0.2, -0.15) is 18.3 Å². The fourth-order valence-corrected chi connectivity index (χ4v) is 4.05. The van der Waals surface area contributed by atoms with Gasteiger partial charge in [-0.3, -0.25) is 9.36 Å². The predicted octanol–water partition coefficient (Wildman–Crippen LogP) is 3.14. The Bertz CT molecular complexity index is 1480. The fraction of sp³-hybridized carbons (Fsp3) is 0.280. The Morgan fingerprint density at radius 1 is 1.03 bits per heavy atom. The van der Waals surface area contributed by atoms with Crippen LogP contribution >= 0.6 is 0 Å². The molecule has 0 saturated carbocycles. The van der Waals surface area contributed by atoms with Crippen LogP contribution in [0.3, 0.4) is 0 Å². The molecule has 2 aromatic carbocycles. The van der Waals surface area contributed by atoms with Crippen molar-refractivity contribution in [2.45, 2.75) is 31.2 Å². The van der Waals surface area contributed by atoms with E-state index in [1.54, 1.807) is 16.8 Å². The molecule has 38 heavy (non-hydrogen) atoms. The number of hydrogen-bond acceptors (Lipinski definition) is 6. The largest absolute Gasteiger partial charge is 0.490 e. The highest BCUT2D eigenvalue weighted by molar-refractivity contribution is 5.75. The standard InChI is InChI=1S/C23H22FN5O2.C2HF3O2/c24-18-5-1-16(2-6-18)17-3-7-19(8-4-17)29-21-20(13-27-29)22(30)28(15-26-21)14-23(31)9-11-25-12-10-23;3-2(4,5)1(6)7/h1-8,13,15,25,31H,9-12,14H2;(H,6,7). The molecule has 3 N–H and O–H groups in total. The monoisotopic (exact) mass is 533 g/mol. The Kier molecular flexibility index (Phi) is 7.60. The maximum absolute atomic E-state index is 13.2. The molecule has 9 nitrogen and oxygen atoms in total. The third kappa shape index (κ3) is 6.06. The minimum Gasteiger partial charge on any atom is -0.475 e. The van der Waals surface area contributed by atoms with Crippen molar-refractivity contribution < 1.29 is 32.6 Å². The van der Waals surface area contributed by atoms with E-state index in [2.05, 4.69) is 15.4 Å². The second-order valence-corrected chi connectivity index (χ2v) is 8.80. The van der Waals surface area contributed by atoms with Crippen LogP contribution in [-0.4, -0.2) is 60.4 Å². The highest BCUT2D eigenvalue weighted by Gasteiger charge is 2.38. The van der Waals surface area contributed by atoms with Crippen LogP contribution in [0.4, 0.5) is 17.6 Å². The lowest BCUT2D eigenvalue weighted by Crippen LogP contribution is -2.46. The van der Waals surface area contributed by atoms with Crippen molar-refractivity contribution in [3.8, 4) is 16.8 Å². The average molecular weight is 533 g/mol. The first-order chi connectivity index (χ1) is 18.0. The molecule has 5 rings (SSSR count). The van der Waals surface area contributed by atoms with Crippen LogP contribution in [0.2, 0.25) is 0 Å². The molecule has 1 fully saturated rings. The maximum atomic E-state index is 13.2. The molecule has 0 bridgehead atoms. The molecule has 0 amide bonds. The van der Waals surface area contributed by atoms with E-state index in [1.165, 1.54) is 29.2 Å². The number of alkyl halides is 3. The van der Waals surface area contributed by atoms with Gasteiger partial charge < -0.3 is 15.5 Å². The number of aromatic nitrogens is 4. The van der Waals surface area contributed by atoms with Gasteiger partial charge >= 0.3 is 12.1 Å². The number of carboxylic acid groups (broad SMARTS) is 1. The number of piperidine rings is 1. The first kappa shape index (κ1) is 26.9. The van der Waals surface area contributed by atoms with Gasteiger partial charge in [-0.05, 0) is 61.3 Å². The van der Waals surface area contributed by atoms with Gasteiger partial charge in [0.25, 0.3) is 5.56 Å². The van der Waals surface area contributed by atoms with Crippen LogP contribution in [0.25, 0.3) is 27.8 Å². The third-order valence-corrected chi connectivity index (χ3v) is 6.09. The SMILES string of the molecule is O=C(O)C(F)(F)F.O=c1c2cnn(-c3ccc(-c4ccc(F)cc4)cc3)c2ncn1CC1(O)CCNCC1. The van der Waals surface area contributed by atoms with E-state index < -0.39 is 17.7 Å². The fourth-order valence-electron chi connectivity index (χ4n) is 4.05. The molecule has 1 saturated heterocycles. The van der Waals surface area contributed by atoms with Crippen molar-refractivity contribution in [1.29, 1.82) is 0 Å². The maximum Gasteiger partial charge on any atom is 0.490 e. The molecule has 0 radical (unpaired) electrons. The van der Waals surface area contributed by atoms with Gasteiger partial charge in [0, 0.05) is 0 Å². The second-order valence-electron chi connectivity index (χ2n) is 8.80. The second kappa shape index (κ2) is 10.7. The lowest BCUT2D eigenvalue weighted by Gasteiger charge is -2.32. The van der Waals surface area contributed by atoms with Crippen molar-refractivity contribution in [1.82, 2.24) is 24.6 Å². The predicted molar refractivity (Wildman–Crippen MR) is 129 cm³/mol. The number of halogens is 4. The number of hydrogen-bond donors (Lipinski definition) is 3. The Hall–Kier alpha value is -4.10. The van der Waals surface area contributed by atoms with Crippen LogP contribution < -0.4 is 10.9 Å². The quantitative estimate of drug-likeness (QED) is 0.345. The Morgan fingerprint density at radius 3 is 2.13 bits per heavy atom. The lowest BCUT2D eigenvalue weighted by atomic mass is 9.92. The molecular weight excluding hydrogens is 510 g/mol. The molecule has 0 unspecified atom stereocenters. The number of carboxylic acids is 1. The molecule has 0 aliphatic carbocycles. The van der Waals surface area contributed by atoms with E-state index in [-0.39, 0.29) is 17.9 Å². The topological polar surface area (TPSA) is 122 Å². The number of rotatable bonds is 4. The normalized spacial score (nSPS) is 15.1. The highest BCUT2D eigenvalue weighted by atomic mass is 19.4. The molecule has 3 heterocycles. The molecule has 4 aromatic rings. The summed E-state index contributed by atoms with van der Waals surface area (Å²) in [5, 5.41) is 25.9. The van der Waals surface area contributed by atoms with Gasteiger partial charge in [-0.1, -0.05) is 24.3 Å². The van der Waals surface area contributed by atoms with E-state index >= 15 is 0 Å². The molecule has 0 spiro atoms. The summed E-state index contributed by atoms with van der Waals surface area (Å²) in [7, 11) is 0. The molecule has 13 heteroatoms. The smallest absolute Gasteiger partial charge is 0.475 e. The summed E-state index contributed by atoms with van der Waals surface area (Å²) < 4.78 is 48.0. The van der Waals surface area contributed by atoms with Crippen LogP contribution in [0, 0.1) is 5.82 Å². The van der Waals surface area contributed by atoms with Crippen molar-refractivity contribution in [3.63, 3.8) is 0 Å². The summed E-state index contributed by atoms with van der Waals surface area (Å²) >= 11 is 0. The first-order valence-corrected chi connectivity index (χ1v) is 11.5. The molecule has 2 aromatic heterocycles. The number of aliphatic hydroxyl groups is 1. The number of carbonyl (C=O) groups is 1. The van der Waals surface area contributed by atoms with Crippen molar-refractivity contribution in [2.24, 2.45) is 0 Å². The van der Waals surface area contributed by atoms with Crippen LogP contribution in [0.1, 0.15) is 12.8 Å². The van der Waals surface area contributed by atoms with Crippen molar-refractivity contribution >= 4 is 17.0 Å². The van der Waals surface area contributed by atoms with Crippen LogP contribution in [0.15, 0.2) is 65.8 Å². The van der Waals surface area contributed by atoms with Gasteiger partial charge in [0.2, 0.25) is 0 Å². The minimum atomic E-state index is -5.08. The average Bonchev–Trinajstić information content (AvgIpc) is 3.31. The zero-order valence-corrected chi connectivity index (χ0v) is 19.8. The van der Waals surface area contributed by atoms with E-state index in [0.29, 0.717) is 23.9 Å². The molecule has 200 valence electrons. The minimum absolute atomic E-state index is 0.216. The summed E-state index contributed by atoms with van der Waals surface area (Å²) in [6.45, 7) is 1.67. The summed E-state index contributed by atoms with van der Waals surface area (Å²) in [6.07, 6.45) is -0.897. The number of benzene rings is 2. The van der Waals surface area contributed by atoms with E-state index in [1.807, 2.05) is 24.3 Å². The van der Waals surface area contributed by atoms with E-state index in [0.717, 1.165) is 29.9 Å². The third-order valence-electron chi connectivity index (χ3n) is 6.09. The number of nitrogens with zero attached hydrogens (tertiary/aromatic N) is 4. The van der Waals surface area contributed by atoms with Crippen molar-refractivity contribution in [2.75, 3.05) is 13.1 Å². The van der Waals surface area contributed by atoms with Gasteiger partial charge in [-0.25, -0.2) is 18.9 Å².